The van der Waals surface area contributed by atoms with Crippen LogP contribution >= 0.6 is 0 Å². The molecule has 2 rings (SSSR count). The molecule has 0 bridgehead atoms. The Morgan fingerprint density at radius 3 is 2.10 bits per heavy atom. The minimum absolute atomic E-state index is 0.00487. The van der Waals surface area contributed by atoms with Crippen molar-refractivity contribution in [3.8, 4) is 0 Å². The maximum atomic E-state index is 12.2. The lowest BCUT2D eigenvalue weighted by molar-refractivity contribution is 0.0690. The van der Waals surface area contributed by atoms with Gasteiger partial charge in [0.2, 0.25) is 0 Å². The van der Waals surface area contributed by atoms with E-state index in [1.54, 1.807) is 12.1 Å². The van der Waals surface area contributed by atoms with Crippen molar-refractivity contribution in [1.29, 1.82) is 0 Å². The molecule has 0 saturated heterocycles. The van der Waals surface area contributed by atoms with E-state index in [9.17, 15) is 9.59 Å². The fourth-order valence-corrected chi connectivity index (χ4v) is 1.97. The molecule has 0 saturated carbocycles. The molecule has 2 N–H and O–H groups in total. The molecule has 1 atom stereocenters. The zero-order valence-electron chi connectivity index (χ0n) is 11.0. The minimum atomic E-state index is -1.11. The van der Waals surface area contributed by atoms with Crippen LogP contribution in [0.3, 0.4) is 0 Å². The summed E-state index contributed by atoms with van der Waals surface area (Å²) in [5, 5.41) is 11.9. The molecule has 0 fully saturated rings. The largest absolute Gasteiger partial charge is 0.478 e. The van der Waals surface area contributed by atoms with Crippen molar-refractivity contribution in [2.45, 2.75) is 13.0 Å². The SMILES string of the molecule is C[C@H](NC(=O)c1ccccc1C(=O)O)c1ccccc1. The number of rotatable bonds is 4. The number of hydrogen-bond donors (Lipinski definition) is 2. The van der Waals surface area contributed by atoms with Gasteiger partial charge < -0.3 is 10.4 Å². The van der Waals surface area contributed by atoms with Crippen molar-refractivity contribution in [3.05, 3.63) is 71.3 Å². The molecule has 4 nitrogen and oxygen atoms in total. The van der Waals surface area contributed by atoms with Crippen LogP contribution < -0.4 is 5.32 Å². The Hall–Kier alpha value is -2.62. The van der Waals surface area contributed by atoms with E-state index in [1.807, 2.05) is 37.3 Å². The quantitative estimate of drug-likeness (QED) is 0.896. The Morgan fingerprint density at radius 1 is 0.950 bits per heavy atom. The second-order valence-corrected chi connectivity index (χ2v) is 4.46. The van der Waals surface area contributed by atoms with Crippen molar-refractivity contribution in [1.82, 2.24) is 5.32 Å². The number of nitrogens with one attached hydrogen (secondary N) is 1. The predicted octanol–water partition coefficient (Wildman–Crippen LogP) is 2.88. The van der Waals surface area contributed by atoms with Crippen LogP contribution in [0.2, 0.25) is 0 Å². The molecule has 20 heavy (non-hydrogen) atoms. The zero-order valence-corrected chi connectivity index (χ0v) is 11.0. The molecule has 0 radical (unpaired) electrons. The van der Waals surface area contributed by atoms with Crippen LogP contribution in [0, 0.1) is 0 Å². The molecule has 0 aliphatic heterocycles. The first-order valence-corrected chi connectivity index (χ1v) is 6.27. The smallest absolute Gasteiger partial charge is 0.336 e. The average molecular weight is 269 g/mol. The van der Waals surface area contributed by atoms with Crippen LogP contribution in [0.15, 0.2) is 54.6 Å². The van der Waals surface area contributed by atoms with E-state index < -0.39 is 5.97 Å². The van der Waals surface area contributed by atoms with E-state index in [2.05, 4.69) is 5.32 Å². The Balaban J connectivity index is 2.19. The molecule has 0 aliphatic carbocycles. The number of hydrogen-bond acceptors (Lipinski definition) is 2. The highest BCUT2D eigenvalue weighted by atomic mass is 16.4. The van der Waals surface area contributed by atoms with Crippen LogP contribution in [0.5, 0.6) is 0 Å². The highest BCUT2D eigenvalue weighted by molar-refractivity contribution is 6.04. The van der Waals surface area contributed by atoms with E-state index in [0.29, 0.717) is 0 Å². The van der Waals surface area contributed by atoms with Gasteiger partial charge in [0.25, 0.3) is 5.91 Å². The minimum Gasteiger partial charge on any atom is -0.478 e. The summed E-state index contributed by atoms with van der Waals surface area (Å²) in [6.07, 6.45) is 0. The lowest BCUT2D eigenvalue weighted by atomic mass is 10.0. The first kappa shape index (κ1) is 13.8. The second kappa shape index (κ2) is 6.02. The van der Waals surface area contributed by atoms with Crippen LogP contribution in [-0.2, 0) is 0 Å². The van der Waals surface area contributed by atoms with Gasteiger partial charge in [0.1, 0.15) is 0 Å². The molecular formula is C16H15NO3. The van der Waals surface area contributed by atoms with Crippen molar-refractivity contribution in [2.75, 3.05) is 0 Å². The monoisotopic (exact) mass is 269 g/mol. The number of carbonyl (C=O) groups excluding carboxylic acids is 1. The summed E-state index contributed by atoms with van der Waals surface area (Å²) in [6, 6.07) is 15.5. The van der Waals surface area contributed by atoms with Gasteiger partial charge in [0.15, 0.2) is 0 Å². The van der Waals surface area contributed by atoms with Crippen LogP contribution in [0.25, 0.3) is 0 Å². The maximum absolute atomic E-state index is 12.2. The lowest BCUT2D eigenvalue weighted by Crippen LogP contribution is -2.28. The summed E-state index contributed by atoms with van der Waals surface area (Å²) in [5.74, 6) is -1.50. The van der Waals surface area contributed by atoms with Gasteiger partial charge >= 0.3 is 5.97 Å². The molecule has 4 heteroatoms. The number of carboxylic acids is 1. The van der Waals surface area contributed by atoms with Crippen LogP contribution in [0.1, 0.15) is 39.2 Å². The molecule has 1 amide bonds. The van der Waals surface area contributed by atoms with Gasteiger partial charge in [-0.15, -0.1) is 0 Å². The van der Waals surface area contributed by atoms with Gasteiger partial charge in [-0.1, -0.05) is 42.5 Å². The number of carboxylic acid groups (broad SMARTS) is 1. The molecule has 0 unspecified atom stereocenters. The molecule has 0 spiro atoms. The molecule has 0 heterocycles. The van der Waals surface area contributed by atoms with Crippen LogP contribution in [0.4, 0.5) is 0 Å². The first-order chi connectivity index (χ1) is 9.59. The van der Waals surface area contributed by atoms with E-state index >= 15 is 0 Å². The Labute approximate surface area is 117 Å². The van der Waals surface area contributed by atoms with E-state index in [-0.39, 0.29) is 23.1 Å². The van der Waals surface area contributed by atoms with Gasteiger partial charge in [-0.3, -0.25) is 4.79 Å². The average Bonchev–Trinajstić information content (AvgIpc) is 2.48. The number of aromatic carboxylic acids is 1. The second-order valence-electron chi connectivity index (χ2n) is 4.46. The summed E-state index contributed by atoms with van der Waals surface area (Å²) < 4.78 is 0. The third-order valence-corrected chi connectivity index (χ3v) is 3.05. The summed E-state index contributed by atoms with van der Waals surface area (Å²) in [4.78, 5) is 23.3. The standard InChI is InChI=1S/C16H15NO3/c1-11(12-7-3-2-4-8-12)17-15(18)13-9-5-6-10-14(13)16(19)20/h2-11H,1H3,(H,17,18)(H,19,20)/t11-/m0/s1. The molecule has 102 valence electrons. The van der Waals surface area contributed by atoms with E-state index in [0.717, 1.165) is 5.56 Å². The number of benzene rings is 2. The third-order valence-electron chi connectivity index (χ3n) is 3.05. The summed E-state index contributed by atoms with van der Waals surface area (Å²) in [6.45, 7) is 1.86. The van der Waals surface area contributed by atoms with Crippen molar-refractivity contribution in [2.24, 2.45) is 0 Å². The summed E-state index contributed by atoms with van der Waals surface area (Å²) in [5.41, 5.74) is 1.14. The van der Waals surface area contributed by atoms with Crippen LogP contribution in [-0.4, -0.2) is 17.0 Å². The Bertz CT molecular complexity index is 623. The predicted molar refractivity (Wildman–Crippen MR) is 75.7 cm³/mol. The summed E-state index contributed by atoms with van der Waals surface area (Å²) >= 11 is 0. The number of amides is 1. The molecular weight excluding hydrogens is 254 g/mol. The van der Waals surface area contributed by atoms with Gasteiger partial charge in [-0.25, -0.2) is 4.79 Å². The lowest BCUT2D eigenvalue weighted by Gasteiger charge is -2.15. The molecule has 0 aromatic heterocycles. The fraction of sp³-hybridized carbons (Fsp3) is 0.125. The molecule has 2 aromatic carbocycles. The van der Waals surface area contributed by atoms with E-state index in [1.165, 1.54) is 12.1 Å². The third kappa shape index (κ3) is 3.03. The van der Waals surface area contributed by atoms with Gasteiger partial charge in [0.05, 0.1) is 17.2 Å². The normalized spacial score (nSPS) is 11.7. The number of carbonyl (C=O) groups is 2. The Morgan fingerprint density at radius 2 is 1.50 bits per heavy atom. The summed E-state index contributed by atoms with van der Waals surface area (Å²) in [7, 11) is 0. The van der Waals surface area contributed by atoms with E-state index in [4.69, 9.17) is 5.11 Å². The van der Waals surface area contributed by atoms with Crippen molar-refractivity contribution >= 4 is 11.9 Å². The first-order valence-electron chi connectivity index (χ1n) is 6.27. The van der Waals surface area contributed by atoms with Gasteiger partial charge in [-0.2, -0.15) is 0 Å². The van der Waals surface area contributed by atoms with Crippen molar-refractivity contribution < 1.29 is 14.7 Å². The fourth-order valence-electron chi connectivity index (χ4n) is 1.97. The van der Waals surface area contributed by atoms with Gasteiger partial charge in [0, 0.05) is 0 Å². The molecule has 0 aliphatic rings. The zero-order chi connectivity index (χ0) is 14.5. The Kier molecular flexibility index (Phi) is 4.15. The highest BCUT2D eigenvalue weighted by Crippen LogP contribution is 2.14. The van der Waals surface area contributed by atoms with Crippen molar-refractivity contribution in [3.63, 3.8) is 0 Å². The van der Waals surface area contributed by atoms with Gasteiger partial charge in [-0.05, 0) is 24.6 Å². The maximum Gasteiger partial charge on any atom is 0.336 e. The highest BCUT2D eigenvalue weighted by Gasteiger charge is 2.17. The topological polar surface area (TPSA) is 66.4 Å². The molecule has 2 aromatic rings.